The first-order chi connectivity index (χ1) is 9.19. The van der Waals surface area contributed by atoms with Crippen molar-refractivity contribution >= 4 is 18.0 Å². The molecule has 0 saturated carbocycles. The number of rotatable bonds is 5. The normalized spacial score (nSPS) is 9.95. The molecule has 1 aromatic carbocycles. The van der Waals surface area contributed by atoms with Gasteiger partial charge in [0.2, 0.25) is 0 Å². The van der Waals surface area contributed by atoms with E-state index in [9.17, 15) is 9.59 Å². The van der Waals surface area contributed by atoms with E-state index in [0.29, 0.717) is 11.3 Å². The Hall–Kier alpha value is -2.63. The van der Waals surface area contributed by atoms with Gasteiger partial charge in [0, 0.05) is 12.1 Å². The highest BCUT2D eigenvalue weighted by Gasteiger charge is 2.10. The summed E-state index contributed by atoms with van der Waals surface area (Å²) in [6.07, 6.45) is 2.88. The minimum absolute atomic E-state index is 0.225. The number of carbonyl (C=O) groups excluding carboxylic acids is 2. The second-order valence-corrected chi connectivity index (χ2v) is 3.44. The number of nitrogens with zero attached hydrogens (tertiary/aromatic N) is 1. The molecule has 0 spiro atoms. The van der Waals surface area contributed by atoms with Crippen molar-refractivity contribution in [3.05, 3.63) is 42.5 Å². The Morgan fingerprint density at radius 2 is 2.11 bits per heavy atom. The van der Waals surface area contributed by atoms with Crippen LogP contribution in [0, 0.1) is 0 Å². The highest BCUT2D eigenvalue weighted by atomic mass is 16.5. The SMILES string of the molecule is C=CCNC(=O)C(=O)N/N=C\c1ccccc1OC. The van der Waals surface area contributed by atoms with Gasteiger partial charge in [-0.3, -0.25) is 9.59 Å². The molecule has 1 rings (SSSR count). The van der Waals surface area contributed by atoms with Crippen molar-refractivity contribution < 1.29 is 14.3 Å². The van der Waals surface area contributed by atoms with E-state index < -0.39 is 11.8 Å². The summed E-state index contributed by atoms with van der Waals surface area (Å²) in [5.41, 5.74) is 2.81. The summed E-state index contributed by atoms with van der Waals surface area (Å²) in [5, 5.41) is 6.02. The van der Waals surface area contributed by atoms with Gasteiger partial charge >= 0.3 is 11.8 Å². The fourth-order valence-corrected chi connectivity index (χ4v) is 1.23. The van der Waals surface area contributed by atoms with E-state index in [4.69, 9.17) is 4.74 Å². The molecular formula is C13H15N3O3. The summed E-state index contributed by atoms with van der Waals surface area (Å²) >= 11 is 0. The predicted molar refractivity (Wildman–Crippen MR) is 71.9 cm³/mol. The molecule has 1 aromatic rings. The Bertz CT molecular complexity index is 498. The molecular weight excluding hydrogens is 246 g/mol. The zero-order valence-electron chi connectivity index (χ0n) is 10.6. The molecule has 100 valence electrons. The van der Waals surface area contributed by atoms with E-state index in [2.05, 4.69) is 22.4 Å². The van der Waals surface area contributed by atoms with E-state index in [0.717, 1.165) is 0 Å². The van der Waals surface area contributed by atoms with Crippen LogP contribution in [0.25, 0.3) is 0 Å². The molecule has 0 saturated heterocycles. The van der Waals surface area contributed by atoms with Crippen LogP contribution in [0.2, 0.25) is 0 Å². The van der Waals surface area contributed by atoms with Crippen LogP contribution in [-0.4, -0.2) is 31.7 Å². The summed E-state index contributed by atoms with van der Waals surface area (Å²) in [5.74, 6) is -0.985. The Kier molecular flexibility index (Phi) is 5.81. The van der Waals surface area contributed by atoms with Crippen LogP contribution < -0.4 is 15.5 Å². The van der Waals surface area contributed by atoms with Crippen LogP contribution in [0.15, 0.2) is 42.0 Å². The van der Waals surface area contributed by atoms with Gasteiger partial charge in [0.05, 0.1) is 13.3 Å². The van der Waals surface area contributed by atoms with Gasteiger partial charge in [0.1, 0.15) is 5.75 Å². The van der Waals surface area contributed by atoms with Gasteiger partial charge in [-0.1, -0.05) is 18.2 Å². The first-order valence-electron chi connectivity index (χ1n) is 5.54. The average molecular weight is 261 g/mol. The fraction of sp³-hybridized carbons (Fsp3) is 0.154. The molecule has 0 atom stereocenters. The summed E-state index contributed by atoms with van der Waals surface area (Å²) in [6, 6.07) is 7.16. The third-order valence-electron chi connectivity index (χ3n) is 2.12. The lowest BCUT2D eigenvalue weighted by Crippen LogP contribution is -2.37. The number of nitrogens with one attached hydrogen (secondary N) is 2. The summed E-state index contributed by atoms with van der Waals surface area (Å²) in [6.45, 7) is 3.65. The van der Waals surface area contributed by atoms with Gasteiger partial charge < -0.3 is 10.1 Å². The van der Waals surface area contributed by atoms with Gasteiger partial charge in [-0.15, -0.1) is 6.58 Å². The zero-order valence-corrected chi connectivity index (χ0v) is 10.6. The van der Waals surface area contributed by atoms with E-state index >= 15 is 0 Å². The van der Waals surface area contributed by atoms with Gasteiger partial charge in [-0.2, -0.15) is 5.10 Å². The average Bonchev–Trinajstić information content (AvgIpc) is 2.45. The number of methoxy groups -OCH3 is 1. The summed E-state index contributed by atoms with van der Waals surface area (Å²) in [4.78, 5) is 22.5. The monoisotopic (exact) mass is 261 g/mol. The maximum absolute atomic E-state index is 11.3. The molecule has 0 radical (unpaired) electrons. The van der Waals surface area contributed by atoms with Crippen molar-refractivity contribution in [3.8, 4) is 5.75 Å². The smallest absolute Gasteiger partial charge is 0.329 e. The number of hydrogen-bond donors (Lipinski definition) is 2. The van der Waals surface area contributed by atoms with Crippen LogP contribution in [-0.2, 0) is 9.59 Å². The van der Waals surface area contributed by atoms with Gasteiger partial charge in [-0.05, 0) is 12.1 Å². The molecule has 6 nitrogen and oxygen atoms in total. The van der Waals surface area contributed by atoms with Crippen molar-refractivity contribution in [2.24, 2.45) is 5.10 Å². The molecule has 2 N–H and O–H groups in total. The zero-order chi connectivity index (χ0) is 14.1. The highest BCUT2D eigenvalue weighted by Crippen LogP contribution is 2.14. The van der Waals surface area contributed by atoms with Crippen LogP contribution in [0.1, 0.15) is 5.56 Å². The Morgan fingerprint density at radius 3 is 2.79 bits per heavy atom. The highest BCUT2D eigenvalue weighted by molar-refractivity contribution is 6.35. The quantitative estimate of drug-likeness (QED) is 0.349. The molecule has 19 heavy (non-hydrogen) atoms. The van der Waals surface area contributed by atoms with Crippen molar-refractivity contribution in [2.75, 3.05) is 13.7 Å². The third-order valence-corrected chi connectivity index (χ3v) is 2.12. The van der Waals surface area contributed by atoms with Gasteiger partial charge in [-0.25, -0.2) is 5.43 Å². The van der Waals surface area contributed by atoms with Crippen LogP contribution in [0.3, 0.4) is 0 Å². The molecule has 0 fully saturated rings. The van der Waals surface area contributed by atoms with Gasteiger partial charge in [0.25, 0.3) is 0 Å². The third kappa shape index (κ3) is 4.63. The standard InChI is InChI=1S/C13H15N3O3/c1-3-8-14-12(17)13(18)16-15-9-10-6-4-5-7-11(10)19-2/h3-7,9H,1,8H2,2H3,(H,14,17)(H,16,18)/b15-9-. The van der Waals surface area contributed by atoms with Crippen molar-refractivity contribution in [2.45, 2.75) is 0 Å². The number of ether oxygens (including phenoxy) is 1. The topological polar surface area (TPSA) is 79.8 Å². The molecule has 0 heterocycles. The Morgan fingerprint density at radius 1 is 1.37 bits per heavy atom. The minimum Gasteiger partial charge on any atom is -0.496 e. The van der Waals surface area contributed by atoms with Crippen molar-refractivity contribution in [1.29, 1.82) is 0 Å². The molecule has 0 aliphatic rings. The maximum Gasteiger partial charge on any atom is 0.329 e. The molecule has 0 unspecified atom stereocenters. The van der Waals surface area contributed by atoms with E-state index in [1.165, 1.54) is 19.4 Å². The Balaban J connectivity index is 2.56. The molecule has 0 aliphatic carbocycles. The number of carbonyl (C=O) groups is 2. The second-order valence-electron chi connectivity index (χ2n) is 3.44. The van der Waals surface area contributed by atoms with Crippen LogP contribution in [0.4, 0.5) is 0 Å². The lowest BCUT2D eigenvalue weighted by molar-refractivity contribution is -0.139. The van der Waals surface area contributed by atoms with E-state index in [1.54, 1.807) is 12.1 Å². The lowest BCUT2D eigenvalue weighted by Gasteiger charge is -2.03. The van der Waals surface area contributed by atoms with Gasteiger partial charge in [0.15, 0.2) is 0 Å². The minimum atomic E-state index is -0.840. The lowest BCUT2D eigenvalue weighted by atomic mass is 10.2. The summed E-state index contributed by atoms with van der Waals surface area (Å²) < 4.78 is 5.11. The number of benzene rings is 1. The second kappa shape index (κ2) is 7.65. The predicted octanol–water partition coefficient (Wildman–Crippen LogP) is 0.447. The van der Waals surface area contributed by atoms with Crippen LogP contribution >= 0.6 is 0 Å². The molecule has 0 aromatic heterocycles. The van der Waals surface area contributed by atoms with Crippen molar-refractivity contribution in [1.82, 2.24) is 10.7 Å². The van der Waals surface area contributed by atoms with E-state index in [1.807, 2.05) is 12.1 Å². The largest absolute Gasteiger partial charge is 0.496 e. The Labute approximate surface area is 111 Å². The first-order valence-corrected chi connectivity index (χ1v) is 5.54. The number of amides is 2. The molecule has 0 bridgehead atoms. The number of hydrogen-bond acceptors (Lipinski definition) is 4. The summed E-state index contributed by atoms with van der Waals surface area (Å²) in [7, 11) is 1.54. The first kappa shape index (κ1) is 14.4. The fourth-order valence-electron chi connectivity index (χ4n) is 1.23. The molecule has 0 aliphatic heterocycles. The van der Waals surface area contributed by atoms with E-state index in [-0.39, 0.29) is 6.54 Å². The van der Waals surface area contributed by atoms with Crippen LogP contribution in [0.5, 0.6) is 5.75 Å². The number of hydrazone groups is 1. The molecule has 6 heteroatoms. The number of para-hydroxylation sites is 1. The van der Waals surface area contributed by atoms with Crippen molar-refractivity contribution in [3.63, 3.8) is 0 Å². The molecule has 2 amide bonds. The maximum atomic E-state index is 11.3.